The molecule has 0 spiro atoms. The van der Waals surface area contributed by atoms with E-state index < -0.39 is 19.7 Å². The van der Waals surface area contributed by atoms with E-state index in [0.29, 0.717) is 13.2 Å². The van der Waals surface area contributed by atoms with Crippen molar-refractivity contribution >= 4 is 13.5 Å². The number of hydroxylamine groups is 1. The monoisotopic (exact) mass is 295 g/mol. The summed E-state index contributed by atoms with van der Waals surface area (Å²) in [6, 6.07) is 0. The quantitative estimate of drug-likeness (QED) is 0.250. The Balaban J connectivity index is 4.19. The zero-order valence-corrected chi connectivity index (χ0v) is 12.8. The molecule has 0 heterocycles. The van der Waals surface area contributed by atoms with E-state index in [2.05, 4.69) is 13.8 Å². The third kappa shape index (κ3) is 10.1. The lowest BCUT2D eigenvalue weighted by Gasteiger charge is -2.17. The van der Waals surface area contributed by atoms with Gasteiger partial charge in [0, 0.05) is 0 Å². The molecular weight excluding hydrogens is 269 g/mol. The molecule has 0 saturated heterocycles. The van der Waals surface area contributed by atoms with Crippen molar-refractivity contribution in [3.63, 3.8) is 0 Å². The molecule has 0 aliphatic heterocycles. The molecule has 6 nitrogen and oxygen atoms in total. The molecule has 0 aliphatic rings. The maximum absolute atomic E-state index is 12.3. The second kappa shape index (κ2) is 11.4. The Kier molecular flexibility index (Phi) is 11.2. The van der Waals surface area contributed by atoms with Crippen LogP contribution in [0, 0.1) is 0 Å². The number of carbonyl (C=O) groups excluding carboxylic acids is 1. The largest absolute Gasteiger partial charge is 0.340 e. The summed E-state index contributed by atoms with van der Waals surface area (Å²) in [5.74, 6) is -0.755. The first kappa shape index (κ1) is 18.6. The molecule has 0 aromatic carbocycles. The van der Waals surface area contributed by atoms with Gasteiger partial charge in [0.2, 0.25) is 0 Å². The molecule has 0 aromatic rings. The first-order valence-electron chi connectivity index (χ1n) is 6.89. The van der Waals surface area contributed by atoms with Crippen molar-refractivity contribution in [1.82, 2.24) is 5.48 Å². The molecule has 1 amide bonds. The van der Waals surface area contributed by atoms with Gasteiger partial charge in [-0.3, -0.25) is 14.6 Å². The molecule has 0 unspecified atom stereocenters. The maximum Gasteiger partial charge on any atom is 0.340 e. The highest BCUT2D eigenvalue weighted by atomic mass is 31.2. The maximum atomic E-state index is 12.3. The van der Waals surface area contributed by atoms with Crippen molar-refractivity contribution in [2.24, 2.45) is 0 Å². The Hall–Kier alpha value is -0.420. The predicted molar refractivity (Wildman–Crippen MR) is 73.4 cm³/mol. The molecule has 0 fully saturated rings. The zero-order valence-electron chi connectivity index (χ0n) is 11.9. The Morgan fingerprint density at radius 3 is 1.89 bits per heavy atom. The van der Waals surface area contributed by atoms with Crippen LogP contribution in [0.3, 0.4) is 0 Å². The number of nitrogens with one attached hydrogen (secondary N) is 1. The van der Waals surface area contributed by atoms with Crippen LogP contribution in [-0.4, -0.2) is 30.5 Å². The van der Waals surface area contributed by atoms with Gasteiger partial charge in [0.1, 0.15) is 6.16 Å². The topological polar surface area (TPSA) is 84.9 Å². The SMILES string of the molecule is CCCCCOP(=O)(CC(=O)NO)OCCCCC. The van der Waals surface area contributed by atoms with E-state index in [9.17, 15) is 9.36 Å². The van der Waals surface area contributed by atoms with Gasteiger partial charge in [-0.2, -0.15) is 0 Å². The van der Waals surface area contributed by atoms with Crippen molar-refractivity contribution in [3.05, 3.63) is 0 Å². The Morgan fingerprint density at radius 1 is 1.05 bits per heavy atom. The number of unbranched alkanes of at least 4 members (excludes halogenated alkanes) is 4. The van der Waals surface area contributed by atoms with Crippen LogP contribution < -0.4 is 5.48 Å². The third-order valence-corrected chi connectivity index (χ3v) is 4.36. The molecule has 0 atom stereocenters. The van der Waals surface area contributed by atoms with Gasteiger partial charge >= 0.3 is 7.60 Å². The van der Waals surface area contributed by atoms with Crippen LogP contribution in [0.15, 0.2) is 0 Å². The molecule has 0 saturated carbocycles. The fourth-order valence-corrected chi connectivity index (χ4v) is 2.95. The van der Waals surface area contributed by atoms with Crippen molar-refractivity contribution in [1.29, 1.82) is 0 Å². The lowest BCUT2D eigenvalue weighted by molar-refractivity contribution is -0.126. The summed E-state index contributed by atoms with van der Waals surface area (Å²) in [5.41, 5.74) is 1.45. The molecule has 7 heteroatoms. The van der Waals surface area contributed by atoms with Crippen LogP contribution in [0.2, 0.25) is 0 Å². The predicted octanol–water partition coefficient (Wildman–Crippen LogP) is 3.10. The summed E-state index contributed by atoms with van der Waals surface area (Å²) in [7, 11) is -3.44. The van der Waals surface area contributed by atoms with Gasteiger partial charge in [-0.25, -0.2) is 5.48 Å². The number of amides is 1. The van der Waals surface area contributed by atoms with Crippen LogP contribution in [-0.2, 0) is 18.4 Å². The van der Waals surface area contributed by atoms with Gasteiger partial charge in [0.15, 0.2) is 0 Å². The summed E-state index contributed by atoms with van der Waals surface area (Å²) in [5, 5.41) is 8.49. The van der Waals surface area contributed by atoms with Crippen LogP contribution in [0.25, 0.3) is 0 Å². The van der Waals surface area contributed by atoms with Crippen molar-refractivity contribution in [3.8, 4) is 0 Å². The lowest BCUT2D eigenvalue weighted by atomic mass is 10.3. The average Bonchev–Trinajstić information content (AvgIpc) is 2.40. The molecule has 0 radical (unpaired) electrons. The molecule has 114 valence electrons. The smallest absolute Gasteiger partial charge is 0.308 e. The number of rotatable bonds is 12. The molecule has 0 rings (SSSR count). The normalized spacial score (nSPS) is 11.5. The minimum absolute atomic E-state index is 0.303. The highest BCUT2D eigenvalue weighted by molar-refractivity contribution is 7.54. The van der Waals surface area contributed by atoms with Gasteiger partial charge in [0.05, 0.1) is 13.2 Å². The summed E-state index contributed by atoms with van der Waals surface area (Å²) in [4.78, 5) is 11.1. The fraction of sp³-hybridized carbons (Fsp3) is 0.917. The van der Waals surface area contributed by atoms with E-state index in [1.165, 1.54) is 5.48 Å². The second-order valence-electron chi connectivity index (χ2n) is 4.38. The van der Waals surface area contributed by atoms with Gasteiger partial charge in [0.25, 0.3) is 5.91 Å². The summed E-state index contributed by atoms with van der Waals surface area (Å²) in [6.07, 6.45) is 5.12. The number of carbonyl (C=O) groups is 1. The van der Waals surface area contributed by atoms with Crippen molar-refractivity contribution in [2.75, 3.05) is 19.4 Å². The van der Waals surface area contributed by atoms with E-state index in [-0.39, 0.29) is 0 Å². The molecule has 2 N–H and O–H groups in total. The first-order valence-corrected chi connectivity index (χ1v) is 8.61. The minimum Gasteiger partial charge on any atom is -0.308 e. The summed E-state index contributed by atoms with van der Waals surface area (Å²) >= 11 is 0. The molecule has 0 aromatic heterocycles. The minimum atomic E-state index is -3.44. The zero-order chi connectivity index (χ0) is 14.6. The van der Waals surface area contributed by atoms with Gasteiger partial charge < -0.3 is 9.05 Å². The van der Waals surface area contributed by atoms with Gasteiger partial charge in [-0.15, -0.1) is 0 Å². The standard InChI is InChI=1S/C12H26NO5P/c1-3-5-7-9-17-19(16,11-12(14)13-15)18-10-8-6-4-2/h15H,3-11H2,1-2H3,(H,13,14). The summed E-state index contributed by atoms with van der Waals surface area (Å²) in [6.45, 7) is 4.72. The van der Waals surface area contributed by atoms with E-state index in [4.69, 9.17) is 14.3 Å². The fourth-order valence-electron chi connectivity index (χ4n) is 1.45. The second-order valence-corrected chi connectivity index (χ2v) is 6.44. The van der Waals surface area contributed by atoms with E-state index in [1.54, 1.807) is 0 Å². The molecular formula is C12H26NO5P. The third-order valence-electron chi connectivity index (χ3n) is 2.53. The molecule has 19 heavy (non-hydrogen) atoms. The van der Waals surface area contributed by atoms with Crippen LogP contribution in [0.5, 0.6) is 0 Å². The summed E-state index contributed by atoms with van der Waals surface area (Å²) < 4.78 is 22.8. The van der Waals surface area contributed by atoms with Crippen molar-refractivity contribution < 1.29 is 23.6 Å². The van der Waals surface area contributed by atoms with Crippen LogP contribution in [0.4, 0.5) is 0 Å². The van der Waals surface area contributed by atoms with Crippen molar-refractivity contribution in [2.45, 2.75) is 52.4 Å². The number of hydrogen-bond donors (Lipinski definition) is 2. The van der Waals surface area contributed by atoms with E-state index in [0.717, 1.165) is 38.5 Å². The van der Waals surface area contributed by atoms with E-state index >= 15 is 0 Å². The molecule has 0 aliphatic carbocycles. The molecule has 0 bridgehead atoms. The van der Waals surface area contributed by atoms with E-state index in [1.807, 2.05) is 0 Å². The average molecular weight is 295 g/mol. The number of hydrogen-bond acceptors (Lipinski definition) is 5. The van der Waals surface area contributed by atoms with Gasteiger partial charge in [-0.05, 0) is 12.8 Å². The van der Waals surface area contributed by atoms with Crippen LogP contribution >= 0.6 is 7.60 Å². The Morgan fingerprint density at radius 2 is 1.53 bits per heavy atom. The lowest BCUT2D eigenvalue weighted by Crippen LogP contribution is -2.23. The highest BCUT2D eigenvalue weighted by Gasteiger charge is 2.28. The first-order chi connectivity index (χ1) is 9.08. The van der Waals surface area contributed by atoms with Gasteiger partial charge in [-0.1, -0.05) is 39.5 Å². The highest BCUT2D eigenvalue weighted by Crippen LogP contribution is 2.48. The Labute approximate surface area is 115 Å². The Bertz CT molecular complexity index is 269. The van der Waals surface area contributed by atoms with Crippen LogP contribution in [0.1, 0.15) is 52.4 Å².